The highest BCUT2D eigenvalue weighted by molar-refractivity contribution is 6.36. The highest BCUT2D eigenvalue weighted by Crippen LogP contribution is 2.48. The van der Waals surface area contributed by atoms with Gasteiger partial charge in [-0.1, -0.05) is 96.6 Å². The Morgan fingerprint density at radius 1 is 0.491 bits per heavy atom. The fourth-order valence-electron chi connectivity index (χ4n) is 7.90. The number of anilines is 1. The lowest BCUT2D eigenvalue weighted by Crippen LogP contribution is -2.31. The Balaban J connectivity index is 1.53. The molecule has 0 aliphatic carbocycles. The smallest absolute Gasteiger partial charge is 0.307 e. The number of alkyl halides is 6. The Morgan fingerprint density at radius 2 is 0.925 bits per heavy atom. The monoisotopic (exact) mass is 718 g/mol. The van der Waals surface area contributed by atoms with E-state index in [1.165, 1.54) is 54.6 Å². The van der Waals surface area contributed by atoms with E-state index in [0.29, 0.717) is 27.6 Å². The average molecular weight is 719 g/mol. The number of para-hydroxylation sites is 2. The third-order valence-electron chi connectivity index (χ3n) is 9.85. The number of hydrogen-bond donors (Lipinski definition) is 0. The predicted octanol–water partition coefficient (Wildman–Crippen LogP) is 11.9. The molecular weight excluding hydrogens is 690 g/mol. The molecule has 0 unspecified atom stereocenters. The number of rotatable bonds is 4. The van der Waals surface area contributed by atoms with E-state index in [2.05, 4.69) is 0 Å². The summed E-state index contributed by atoms with van der Waals surface area (Å²) in [6, 6.07) is 28.1. The third kappa shape index (κ3) is 5.23. The summed E-state index contributed by atoms with van der Waals surface area (Å²) in [4.78, 5) is 29.9. The number of aromatic nitrogens is 1. The zero-order chi connectivity index (χ0) is 37.6. The van der Waals surface area contributed by atoms with Crippen LogP contribution in [-0.2, 0) is 12.4 Å². The molecule has 0 saturated carbocycles. The first kappa shape index (κ1) is 34.0. The SMILES string of the molecule is Cc1cc(C)c(N2C(=O)c3cccc(-n4c5c(-c6ccccc6C(F)(F)F)cccc5c5cccc(-c6ccccc6C(F)(F)F)c54)c3C2=O)c(C)c1. The van der Waals surface area contributed by atoms with Gasteiger partial charge in [-0.25, -0.2) is 4.90 Å². The zero-order valence-electron chi connectivity index (χ0n) is 28.4. The number of halogens is 6. The molecule has 7 aromatic rings. The second-order valence-electron chi connectivity index (χ2n) is 13.2. The maximum Gasteiger partial charge on any atom is 0.417 e. The van der Waals surface area contributed by atoms with Crippen LogP contribution < -0.4 is 4.90 Å². The molecule has 53 heavy (non-hydrogen) atoms. The summed E-state index contributed by atoms with van der Waals surface area (Å²) in [6.07, 6.45) is -9.49. The van der Waals surface area contributed by atoms with Crippen LogP contribution in [0.1, 0.15) is 48.5 Å². The number of carbonyl (C=O) groups excluding carboxylic acids is 2. The second-order valence-corrected chi connectivity index (χ2v) is 13.2. The Labute approximate surface area is 299 Å². The molecule has 0 bridgehead atoms. The van der Waals surface area contributed by atoms with Gasteiger partial charge in [-0.3, -0.25) is 9.59 Å². The normalized spacial score (nSPS) is 13.4. The highest BCUT2D eigenvalue weighted by Gasteiger charge is 2.42. The molecule has 6 aromatic carbocycles. The molecule has 2 heterocycles. The summed E-state index contributed by atoms with van der Waals surface area (Å²) < 4.78 is 89.0. The van der Waals surface area contributed by atoms with E-state index in [4.69, 9.17) is 0 Å². The van der Waals surface area contributed by atoms with Crippen LogP contribution in [0.15, 0.2) is 115 Å². The number of amides is 2. The standard InChI is InChI=1S/C43H28F6N2O2/c1-23-21-24(2)37(25(3)22-23)51-40(52)32-17-10-20-35(36(32)41(51)53)50-38-28(26-11-4-6-18-33(26)42(44,45)46)13-8-15-30(38)31-16-9-14-29(39(31)50)27-12-5-7-19-34(27)43(47,48)49/h4-22H,1-3H3. The van der Waals surface area contributed by atoms with Gasteiger partial charge < -0.3 is 4.57 Å². The van der Waals surface area contributed by atoms with Gasteiger partial charge in [0.2, 0.25) is 0 Å². The highest BCUT2D eigenvalue weighted by atomic mass is 19.4. The van der Waals surface area contributed by atoms with Crippen LogP contribution in [0.25, 0.3) is 49.7 Å². The third-order valence-corrected chi connectivity index (χ3v) is 9.85. The summed E-state index contributed by atoms with van der Waals surface area (Å²) in [5, 5.41) is 0.884. The molecule has 0 spiro atoms. The Morgan fingerprint density at radius 3 is 1.42 bits per heavy atom. The summed E-state index contributed by atoms with van der Waals surface area (Å²) in [6.45, 7) is 5.48. The first-order chi connectivity index (χ1) is 25.2. The van der Waals surface area contributed by atoms with Crippen LogP contribution in [-0.4, -0.2) is 16.4 Å². The lowest BCUT2D eigenvalue weighted by molar-refractivity contribution is -0.137. The molecule has 1 aromatic heterocycles. The summed E-state index contributed by atoms with van der Waals surface area (Å²) in [7, 11) is 0. The van der Waals surface area contributed by atoms with Gasteiger partial charge in [0, 0.05) is 21.9 Å². The van der Waals surface area contributed by atoms with E-state index >= 15 is 0 Å². The Bertz CT molecular complexity index is 2550. The van der Waals surface area contributed by atoms with E-state index in [-0.39, 0.29) is 50.1 Å². The van der Waals surface area contributed by atoms with Crippen LogP contribution in [0.5, 0.6) is 0 Å². The van der Waals surface area contributed by atoms with Gasteiger partial charge in [-0.2, -0.15) is 26.3 Å². The van der Waals surface area contributed by atoms with Crippen molar-refractivity contribution in [2.45, 2.75) is 33.1 Å². The number of hydrogen-bond acceptors (Lipinski definition) is 2. The van der Waals surface area contributed by atoms with E-state index in [0.717, 1.165) is 22.6 Å². The van der Waals surface area contributed by atoms with Crippen molar-refractivity contribution in [3.8, 4) is 27.9 Å². The molecule has 0 N–H and O–H groups in total. The average Bonchev–Trinajstić information content (AvgIpc) is 3.58. The van der Waals surface area contributed by atoms with Crippen molar-refractivity contribution in [2.24, 2.45) is 0 Å². The maximum absolute atomic E-state index is 14.7. The van der Waals surface area contributed by atoms with Crippen molar-refractivity contribution in [3.63, 3.8) is 0 Å². The quantitative estimate of drug-likeness (QED) is 0.134. The Hall–Kier alpha value is -6.16. The Kier molecular flexibility index (Phi) is 7.65. The van der Waals surface area contributed by atoms with E-state index < -0.39 is 35.3 Å². The van der Waals surface area contributed by atoms with Gasteiger partial charge in [-0.15, -0.1) is 0 Å². The molecule has 0 fully saturated rings. The molecule has 4 nitrogen and oxygen atoms in total. The number of imide groups is 1. The maximum atomic E-state index is 14.7. The van der Waals surface area contributed by atoms with E-state index in [9.17, 15) is 35.9 Å². The number of nitrogens with zero attached hydrogens (tertiary/aromatic N) is 2. The van der Waals surface area contributed by atoms with Gasteiger partial charge in [0.05, 0.1) is 44.7 Å². The van der Waals surface area contributed by atoms with Crippen LogP contribution in [0, 0.1) is 20.8 Å². The molecule has 8 rings (SSSR count). The first-order valence-corrected chi connectivity index (χ1v) is 16.7. The largest absolute Gasteiger partial charge is 0.417 e. The van der Waals surface area contributed by atoms with Crippen molar-refractivity contribution < 1.29 is 35.9 Å². The second kappa shape index (κ2) is 11.9. The molecule has 10 heteroatoms. The lowest BCUT2D eigenvalue weighted by Gasteiger charge is -2.21. The molecular formula is C43H28F6N2O2. The number of benzene rings is 6. The first-order valence-electron chi connectivity index (χ1n) is 16.7. The van der Waals surface area contributed by atoms with E-state index in [1.54, 1.807) is 54.8 Å². The van der Waals surface area contributed by atoms with Gasteiger partial charge in [0.15, 0.2) is 0 Å². The number of carbonyl (C=O) groups is 2. The fraction of sp³-hybridized carbons (Fsp3) is 0.116. The molecule has 0 atom stereocenters. The number of aryl methyl sites for hydroxylation is 3. The van der Waals surface area contributed by atoms with Crippen molar-refractivity contribution in [1.29, 1.82) is 0 Å². The van der Waals surface area contributed by atoms with E-state index in [1.807, 2.05) is 19.1 Å². The molecule has 1 aliphatic rings. The molecule has 264 valence electrons. The predicted molar refractivity (Wildman–Crippen MR) is 193 cm³/mol. The number of fused-ring (bicyclic) bond motifs is 4. The minimum absolute atomic E-state index is 0.0199. The topological polar surface area (TPSA) is 42.3 Å². The van der Waals surface area contributed by atoms with Gasteiger partial charge in [0.1, 0.15) is 0 Å². The van der Waals surface area contributed by atoms with Gasteiger partial charge in [0.25, 0.3) is 11.8 Å². The summed E-state index contributed by atoms with van der Waals surface area (Å²) >= 11 is 0. The van der Waals surface area contributed by atoms with Crippen molar-refractivity contribution in [2.75, 3.05) is 4.90 Å². The summed E-state index contributed by atoms with van der Waals surface area (Å²) in [5.74, 6) is -1.25. The van der Waals surface area contributed by atoms with Gasteiger partial charge in [-0.05, 0) is 67.3 Å². The van der Waals surface area contributed by atoms with Crippen molar-refractivity contribution in [1.82, 2.24) is 4.57 Å². The van der Waals surface area contributed by atoms with Crippen LogP contribution in [0.3, 0.4) is 0 Å². The zero-order valence-corrected chi connectivity index (χ0v) is 28.4. The minimum atomic E-state index is -4.74. The molecule has 2 amide bonds. The lowest BCUT2D eigenvalue weighted by atomic mass is 9.96. The fourth-order valence-corrected chi connectivity index (χ4v) is 7.90. The van der Waals surface area contributed by atoms with Crippen molar-refractivity contribution >= 4 is 39.3 Å². The van der Waals surface area contributed by atoms with Crippen molar-refractivity contribution in [3.05, 3.63) is 154 Å². The molecule has 1 aliphatic heterocycles. The molecule has 0 radical (unpaired) electrons. The minimum Gasteiger partial charge on any atom is -0.307 e. The van der Waals surface area contributed by atoms with Crippen LogP contribution >= 0.6 is 0 Å². The summed E-state index contributed by atoms with van der Waals surface area (Å²) in [5.41, 5.74) is 1.49. The molecule has 0 saturated heterocycles. The van der Waals surface area contributed by atoms with Crippen LogP contribution in [0.4, 0.5) is 32.0 Å². The van der Waals surface area contributed by atoms with Gasteiger partial charge >= 0.3 is 12.4 Å². The van der Waals surface area contributed by atoms with Crippen LogP contribution in [0.2, 0.25) is 0 Å².